The molecule has 0 aromatic heterocycles. The fourth-order valence-corrected chi connectivity index (χ4v) is 1.77. The monoisotopic (exact) mass is 207 g/mol. The van der Waals surface area contributed by atoms with E-state index < -0.39 is 0 Å². The lowest BCUT2D eigenvalue weighted by atomic mass is 10.0. The smallest absolute Gasteiger partial charge is 0.221 e. The zero-order chi connectivity index (χ0) is 11.0. The lowest BCUT2D eigenvalue weighted by Crippen LogP contribution is -2.15. The number of primary amides is 1. The molecule has 1 amide bonds. The Morgan fingerprint density at radius 1 is 1.60 bits per heavy atom. The predicted molar refractivity (Wildman–Crippen MR) is 55.3 cm³/mol. The van der Waals surface area contributed by atoms with Crippen LogP contribution in [0.3, 0.4) is 0 Å². The van der Waals surface area contributed by atoms with E-state index in [1.54, 1.807) is 7.11 Å². The maximum atomic E-state index is 11.0. The van der Waals surface area contributed by atoms with Gasteiger partial charge in [-0.1, -0.05) is 6.92 Å². The second-order valence-corrected chi connectivity index (χ2v) is 3.47. The number of amides is 1. The van der Waals surface area contributed by atoms with Crippen molar-refractivity contribution in [3.8, 4) is 17.2 Å². The molecule has 2 rings (SSSR count). The summed E-state index contributed by atoms with van der Waals surface area (Å²) in [5.41, 5.74) is 7.11. The number of carbonyl (C=O) groups excluding carboxylic acids is 1. The fraction of sp³-hybridized carbons (Fsp3) is 0.364. The predicted octanol–water partition coefficient (Wildman–Crippen LogP) is 1.39. The first kappa shape index (κ1) is 9.83. The van der Waals surface area contributed by atoms with Gasteiger partial charge in [-0.2, -0.15) is 0 Å². The molecule has 80 valence electrons. The molecule has 0 saturated heterocycles. The molecule has 1 heterocycles. The molecule has 1 aliphatic rings. The van der Waals surface area contributed by atoms with Gasteiger partial charge in [-0.25, -0.2) is 0 Å². The molecule has 0 bridgehead atoms. The molecule has 0 unspecified atom stereocenters. The summed E-state index contributed by atoms with van der Waals surface area (Å²) in [4.78, 5) is 11.0. The van der Waals surface area contributed by atoms with E-state index in [-0.39, 0.29) is 12.3 Å². The van der Waals surface area contributed by atoms with Gasteiger partial charge in [0.1, 0.15) is 0 Å². The molecular weight excluding hydrogens is 194 g/mol. The van der Waals surface area contributed by atoms with Gasteiger partial charge in [0.05, 0.1) is 13.5 Å². The van der Waals surface area contributed by atoms with Gasteiger partial charge < -0.3 is 15.2 Å². The van der Waals surface area contributed by atoms with Crippen LogP contribution in [0.15, 0.2) is 6.07 Å². The van der Waals surface area contributed by atoms with E-state index >= 15 is 0 Å². The second kappa shape index (κ2) is 3.46. The molecule has 1 aromatic rings. The summed E-state index contributed by atoms with van der Waals surface area (Å²) >= 11 is 0. The standard InChI is InChI=1S/C11H13NO3/c1-3-6-4-8-11(15-8)10(14-2)7(6)5-9(12)13/h4H,3,5H2,1-2H3,(H2,12,13). The summed E-state index contributed by atoms with van der Waals surface area (Å²) in [6.07, 6.45) is 1.03. The summed E-state index contributed by atoms with van der Waals surface area (Å²) in [6, 6.07) is 1.94. The van der Waals surface area contributed by atoms with E-state index in [0.29, 0.717) is 5.75 Å². The number of methoxy groups -OCH3 is 1. The molecule has 0 atom stereocenters. The maximum Gasteiger partial charge on any atom is 0.221 e. The average molecular weight is 207 g/mol. The molecule has 0 radical (unpaired) electrons. The number of aryl methyl sites for hydroxylation is 1. The number of carbonyl (C=O) groups is 1. The third-order valence-corrected chi connectivity index (χ3v) is 2.50. The Labute approximate surface area is 88.0 Å². The van der Waals surface area contributed by atoms with Crippen molar-refractivity contribution in [2.75, 3.05) is 7.11 Å². The minimum atomic E-state index is -0.358. The molecule has 2 N–H and O–H groups in total. The highest BCUT2D eigenvalue weighted by Gasteiger charge is 2.30. The highest BCUT2D eigenvalue weighted by Crippen LogP contribution is 2.55. The Hall–Kier alpha value is -1.71. The van der Waals surface area contributed by atoms with Gasteiger partial charge in [-0.05, 0) is 18.1 Å². The Bertz CT molecular complexity index is 426. The first-order chi connectivity index (χ1) is 7.17. The zero-order valence-corrected chi connectivity index (χ0v) is 8.79. The Balaban J connectivity index is 2.48. The summed E-state index contributed by atoms with van der Waals surface area (Å²) in [6.45, 7) is 2.02. The van der Waals surface area contributed by atoms with Gasteiger partial charge in [0.2, 0.25) is 11.7 Å². The van der Waals surface area contributed by atoms with Crippen LogP contribution in [0.25, 0.3) is 0 Å². The summed E-state index contributed by atoms with van der Waals surface area (Å²) in [5, 5.41) is 0. The van der Waals surface area contributed by atoms with Gasteiger partial charge in [0, 0.05) is 5.56 Å². The highest BCUT2D eigenvalue weighted by molar-refractivity contribution is 5.80. The summed E-state index contributed by atoms with van der Waals surface area (Å²) in [5.74, 6) is 1.88. The molecule has 0 saturated carbocycles. The number of ether oxygens (including phenoxy) is 2. The largest absolute Gasteiger partial charge is 0.492 e. The van der Waals surface area contributed by atoms with Crippen LogP contribution in [0.4, 0.5) is 0 Å². The summed E-state index contributed by atoms with van der Waals surface area (Å²) < 4.78 is 10.5. The zero-order valence-electron chi connectivity index (χ0n) is 8.79. The van der Waals surface area contributed by atoms with Crippen LogP contribution in [-0.2, 0) is 17.6 Å². The molecule has 4 nitrogen and oxygen atoms in total. The van der Waals surface area contributed by atoms with E-state index in [1.807, 2.05) is 13.0 Å². The van der Waals surface area contributed by atoms with Gasteiger partial charge in [0.15, 0.2) is 11.5 Å². The SMILES string of the molecule is CCc1cc2c(c(OC)c1CC(N)=O)O2. The molecular formula is C11H13NO3. The molecule has 0 aliphatic carbocycles. The van der Waals surface area contributed by atoms with Crippen molar-refractivity contribution in [3.63, 3.8) is 0 Å². The number of hydrogen-bond acceptors (Lipinski definition) is 3. The molecule has 0 fully saturated rings. The maximum absolute atomic E-state index is 11.0. The lowest BCUT2D eigenvalue weighted by Gasteiger charge is -2.08. The van der Waals surface area contributed by atoms with Crippen LogP contribution in [0.2, 0.25) is 0 Å². The average Bonchev–Trinajstić information content (AvgIpc) is 2.94. The first-order valence-corrected chi connectivity index (χ1v) is 4.86. The normalized spacial score (nSPS) is 11.6. The van der Waals surface area contributed by atoms with E-state index in [4.69, 9.17) is 15.2 Å². The number of benzene rings is 1. The van der Waals surface area contributed by atoms with Crippen LogP contribution in [0, 0.1) is 0 Å². The Morgan fingerprint density at radius 2 is 2.33 bits per heavy atom. The van der Waals surface area contributed by atoms with E-state index in [2.05, 4.69) is 0 Å². The van der Waals surface area contributed by atoms with Crippen molar-refractivity contribution < 1.29 is 14.3 Å². The lowest BCUT2D eigenvalue weighted by molar-refractivity contribution is -0.117. The van der Waals surface area contributed by atoms with Crippen molar-refractivity contribution in [2.24, 2.45) is 5.73 Å². The number of rotatable bonds is 4. The van der Waals surface area contributed by atoms with E-state index in [0.717, 1.165) is 29.0 Å². The van der Waals surface area contributed by atoms with E-state index in [9.17, 15) is 4.79 Å². The molecule has 1 aromatic carbocycles. The number of fused-ring (bicyclic) bond motifs is 1. The van der Waals surface area contributed by atoms with Crippen LogP contribution in [-0.4, -0.2) is 13.0 Å². The van der Waals surface area contributed by atoms with Gasteiger partial charge in [0.25, 0.3) is 0 Å². The molecule has 15 heavy (non-hydrogen) atoms. The Kier molecular flexibility index (Phi) is 2.26. The molecule has 4 heteroatoms. The second-order valence-electron chi connectivity index (χ2n) is 3.47. The first-order valence-electron chi connectivity index (χ1n) is 4.86. The third kappa shape index (κ3) is 1.63. The minimum absolute atomic E-state index is 0.197. The highest BCUT2D eigenvalue weighted by atomic mass is 16.6. The van der Waals surface area contributed by atoms with Crippen LogP contribution in [0.1, 0.15) is 18.1 Å². The molecule has 1 aliphatic heterocycles. The summed E-state index contributed by atoms with van der Waals surface area (Å²) in [7, 11) is 1.57. The quantitative estimate of drug-likeness (QED) is 0.770. The van der Waals surface area contributed by atoms with Crippen molar-refractivity contribution in [1.82, 2.24) is 0 Å². The van der Waals surface area contributed by atoms with Crippen LogP contribution in [0.5, 0.6) is 17.2 Å². The topological polar surface area (TPSA) is 64.8 Å². The Morgan fingerprint density at radius 3 is 2.87 bits per heavy atom. The number of hydrogen-bond donors (Lipinski definition) is 1. The van der Waals surface area contributed by atoms with Crippen molar-refractivity contribution in [1.29, 1.82) is 0 Å². The van der Waals surface area contributed by atoms with E-state index in [1.165, 1.54) is 0 Å². The fourth-order valence-electron chi connectivity index (χ4n) is 1.77. The van der Waals surface area contributed by atoms with Crippen molar-refractivity contribution in [2.45, 2.75) is 19.8 Å². The molecule has 0 spiro atoms. The number of nitrogens with two attached hydrogens (primary N) is 1. The van der Waals surface area contributed by atoms with Gasteiger partial charge in [-0.3, -0.25) is 4.79 Å². The van der Waals surface area contributed by atoms with Crippen LogP contribution >= 0.6 is 0 Å². The minimum Gasteiger partial charge on any atom is -0.492 e. The van der Waals surface area contributed by atoms with Gasteiger partial charge in [-0.15, -0.1) is 0 Å². The van der Waals surface area contributed by atoms with Crippen molar-refractivity contribution >= 4 is 5.91 Å². The van der Waals surface area contributed by atoms with Gasteiger partial charge >= 0.3 is 0 Å². The van der Waals surface area contributed by atoms with Crippen molar-refractivity contribution in [3.05, 3.63) is 17.2 Å². The van der Waals surface area contributed by atoms with Crippen LogP contribution < -0.4 is 15.2 Å². The third-order valence-electron chi connectivity index (χ3n) is 2.50.